The van der Waals surface area contributed by atoms with Crippen LogP contribution in [0.1, 0.15) is 11.1 Å². The fourth-order valence-electron chi connectivity index (χ4n) is 1.92. The molecule has 0 aliphatic carbocycles. The molecular weight excluding hydrogens is 340 g/mol. The Bertz CT molecular complexity index is 730. The van der Waals surface area contributed by atoms with Gasteiger partial charge in [-0.2, -0.15) is 0 Å². The van der Waals surface area contributed by atoms with Crippen molar-refractivity contribution in [2.24, 2.45) is 5.73 Å². The molecule has 0 spiro atoms. The second-order valence-corrected chi connectivity index (χ2v) is 6.83. The molecule has 20 heavy (non-hydrogen) atoms. The Labute approximate surface area is 127 Å². The summed E-state index contributed by atoms with van der Waals surface area (Å²) in [6.07, 6.45) is 0. The molecule has 106 valence electrons. The molecule has 0 bridgehead atoms. The molecule has 0 atom stereocenters. The van der Waals surface area contributed by atoms with Crippen molar-refractivity contribution in [2.45, 2.75) is 18.4 Å². The summed E-state index contributed by atoms with van der Waals surface area (Å²) in [5.41, 5.74) is 7.62. The van der Waals surface area contributed by atoms with Crippen molar-refractivity contribution in [1.29, 1.82) is 0 Å². The summed E-state index contributed by atoms with van der Waals surface area (Å²) >= 11 is 3.32. The van der Waals surface area contributed by atoms with E-state index in [4.69, 9.17) is 5.73 Å². The molecule has 0 unspecified atom stereocenters. The maximum atomic E-state index is 12.5. The van der Waals surface area contributed by atoms with Gasteiger partial charge in [0, 0.05) is 11.0 Å². The van der Waals surface area contributed by atoms with Crippen LogP contribution in [-0.2, 0) is 16.6 Å². The topological polar surface area (TPSA) is 72.2 Å². The highest BCUT2D eigenvalue weighted by Gasteiger charge is 2.19. The lowest BCUT2D eigenvalue weighted by Crippen LogP contribution is -2.15. The van der Waals surface area contributed by atoms with E-state index in [0.29, 0.717) is 22.3 Å². The number of hydrogen-bond donors (Lipinski definition) is 2. The van der Waals surface area contributed by atoms with Crippen LogP contribution in [0.15, 0.2) is 51.8 Å². The van der Waals surface area contributed by atoms with Crippen molar-refractivity contribution >= 4 is 31.6 Å². The number of rotatable bonds is 4. The van der Waals surface area contributed by atoms with Crippen LogP contribution in [0.5, 0.6) is 0 Å². The lowest BCUT2D eigenvalue weighted by atomic mass is 10.1. The van der Waals surface area contributed by atoms with Gasteiger partial charge in [-0.05, 0) is 52.2 Å². The van der Waals surface area contributed by atoms with Gasteiger partial charge in [-0.25, -0.2) is 8.42 Å². The standard InChI is InChI=1S/C14H15BrN2O2S/c1-10-11(9-16)5-4-8-14(10)20(18,19)17-13-7-3-2-6-12(13)15/h2-8,17H,9,16H2,1H3. The SMILES string of the molecule is Cc1c(CN)cccc1S(=O)(=O)Nc1ccccc1Br. The largest absolute Gasteiger partial charge is 0.326 e. The van der Waals surface area contributed by atoms with Crippen LogP contribution >= 0.6 is 15.9 Å². The number of benzene rings is 2. The van der Waals surface area contributed by atoms with E-state index < -0.39 is 10.0 Å². The van der Waals surface area contributed by atoms with Gasteiger partial charge in [0.05, 0.1) is 10.6 Å². The fraction of sp³-hybridized carbons (Fsp3) is 0.143. The smallest absolute Gasteiger partial charge is 0.262 e. The second-order valence-electron chi connectivity index (χ2n) is 4.33. The van der Waals surface area contributed by atoms with Crippen LogP contribution in [0.25, 0.3) is 0 Å². The number of nitrogens with two attached hydrogens (primary N) is 1. The molecule has 0 aliphatic heterocycles. The Balaban J connectivity index is 2.44. The van der Waals surface area contributed by atoms with Gasteiger partial charge in [-0.1, -0.05) is 24.3 Å². The third-order valence-electron chi connectivity index (χ3n) is 3.02. The molecule has 0 saturated heterocycles. The molecule has 4 nitrogen and oxygen atoms in total. The van der Waals surface area contributed by atoms with E-state index in [1.807, 2.05) is 12.1 Å². The van der Waals surface area contributed by atoms with Gasteiger partial charge in [0.2, 0.25) is 0 Å². The zero-order valence-electron chi connectivity index (χ0n) is 10.9. The summed E-state index contributed by atoms with van der Waals surface area (Å²) in [5.74, 6) is 0. The first kappa shape index (κ1) is 15.0. The first-order chi connectivity index (χ1) is 9.45. The van der Waals surface area contributed by atoms with E-state index in [0.717, 1.165) is 5.56 Å². The average molecular weight is 355 g/mol. The lowest BCUT2D eigenvalue weighted by Gasteiger charge is -2.13. The molecular formula is C14H15BrN2O2S. The number of hydrogen-bond acceptors (Lipinski definition) is 3. The van der Waals surface area contributed by atoms with Gasteiger partial charge >= 0.3 is 0 Å². The van der Waals surface area contributed by atoms with Crippen LogP contribution in [0.4, 0.5) is 5.69 Å². The zero-order valence-corrected chi connectivity index (χ0v) is 13.3. The number of para-hydroxylation sites is 1. The van der Waals surface area contributed by atoms with Crippen molar-refractivity contribution in [3.8, 4) is 0 Å². The summed E-state index contributed by atoms with van der Waals surface area (Å²) in [5, 5.41) is 0. The van der Waals surface area contributed by atoms with Crippen LogP contribution in [0, 0.1) is 6.92 Å². The van der Waals surface area contributed by atoms with Crippen molar-refractivity contribution < 1.29 is 8.42 Å². The lowest BCUT2D eigenvalue weighted by molar-refractivity contribution is 0.600. The predicted molar refractivity (Wildman–Crippen MR) is 84.0 cm³/mol. The average Bonchev–Trinajstić information content (AvgIpc) is 2.41. The predicted octanol–water partition coefficient (Wildman–Crippen LogP) is 3.02. The van der Waals surface area contributed by atoms with E-state index in [9.17, 15) is 8.42 Å². The molecule has 0 aliphatic rings. The normalized spacial score (nSPS) is 11.3. The quantitative estimate of drug-likeness (QED) is 0.886. The van der Waals surface area contributed by atoms with Gasteiger partial charge in [-0.3, -0.25) is 4.72 Å². The highest BCUT2D eigenvalue weighted by Crippen LogP contribution is 2.26. The van der Waals surface area contributed by atoms with Gasteiger partial charge in [-0.15, -0.1) is 0 Å². The summed E-state index contributed by atoms with van der Waals surface area (Å²) in [4.78, 5) is 0.246. The van der Waals surface area contributed by atoms with Gasteiger partial charge in [0.15, 0.2) is 0 Å². The summed E-state index contributed by atoms with van der Waals surface area (Å²) in [6, 6.07) is 12.2. The number of halogens is 1. The molecule has 2 aromatic carbocycles. The Morgan fingerprint density at radius 1 is 1.15 bits per heavy atom. The first-order valence-electron chi connectivity index (χ1n) is 6.01. The molecule has 0 fully saturated rings. The maximum absolute atomic E-state index is 12.5. The minimum atomic E-state index is -3.63. The minimum Gasteiger partial charge on any atom is -0.326 e. The molecule has 0 aromatic heterocycles. The molecule has 0 amide bonds. The zero-order chi connectivity index (χ0) is 14.8. The molecule has 6 heteroatoms. The number of sulfonamides is 1. The molecule has 2 aromatic rings. The molecule has 3 N–H and O–H groups in total. The fourth-order valence-corrected chi connectivity index (χ4v) is 3.80. The molecule has 2 rings (SSSR count). The van der Waals surface area contributed by atoms with Crippen LogP contribution in [-0.4, -0.2) is 8.42 Å². The van der Waals surface area contributed by atoms with Crippen molar-refractivity contribution in [3.63, 3.8) is 0 Å². The van der Waals surface area contributed by atoms with E-state index in [-0.39, 0.29) is 4.90 Å². The van der Waals surface area contributed by atoms with Gasteiger partial charge in [0.1, 0.15) is 0 Å². The van der Waals surface area contributed by atoms with E-state index in [1.54, 1.807) is 37.3 Å². The van der Waals surface area contributed by atoms with Crippen LogP contribution in [0.2, 0.25) is 0 Å². The minimum absolute atomic E-state index is 0.246. The first-order valence-corrected chi connectivity index (χ1v) is 8.29. The highest BCUT2D eigenvalue weighted by molar-refractivity contribution is 9.10. The summed E-state index contributed by atoms with van der Waals surface area (Å²) in [7, 11) is -3.63. The van der Waals surface area contributed by atoms with Crippen LogP contribution < -0.4 is 10.5 Å². The van der Waals surface area contributed by atoms with Gasteiger partial charge in [0.25, 0.3) is 10.0 Å². The number of nitrogens with one attached hydrogen (secondary N) is 1. The second kappa shape index (κ2) is 5.95. The molecule has 0 radical (unpaired) electrons. The van der Waals surface area contributed by atoms with Crippen molar-refractivity contribution in [3.05, 3.63) is 58.1 Å². The number of anilines is 1. The van der Waals surface area contributed by atoms with Crippen molar-refractivity contribution in [2.75, 3.05) is 4.72 Å². The van der Waals surface area contributed by atoms with Crippen molar-refractivity contribution in [1.82, 2.24) is 0 Å². The van der Waals surface area contributed by atoms with Gasteiger partial charge < -0.3 is 5.73 Å². The third kappa shape index (κ3) is 3.03. The monoisotopic (exact) mass is 354 g/mol. The summed E-state index contributed by atoms with van der Waals surface area (Å²) in [6.45, 7) is 2.07. The molecule has 0 heterocycles. The Morgan fingerprint density at radius 3 is 2.50 bits per heavy atom. The molecule has 0 saturated carbocycles. The summed E-state index contributed by atoms with van der Waals surface area (Å²) < 4.78 is 28.2. The maximum Gasteiger partial charge on any atom is 0.262 e. The van der Waals surface area contributed by atoms with E-state index in [1.165, 1.54) is 0 Å². The van der Waals surface area contributed by atoms with Crippen LogP contribution in [0.3, 0.4) is 0 Å². The Morgan fingerprint density at radius 2 is 1.85 bits per heavy atom. The van der Waals surface area contributed by atoms with E-state index in [2.05, 4.69) is 20.7 Å². The highest BCUT2D eigenvalue weighted by atomic mass is 79.9. The Hall–Kier alpha value is -1.37. The Kier molecular flexibility index (Phi) is 4.47. The van der Waals surface area contributed by atoms with E-state index >= 15 is 0 Å². The third-order valence-corrected chi connectivity index (χ3v) is 5.23.